The third kappa shape index (κ3) is 3.23. The first-order valence-electron chi connectivity index (χ1n) is 4.27. The molecule has 0 unspecified atom stereocenters. The van der Waals surface area contributed by atoms with E-state index in [4.69, 9.17) is 0 Å². The Hall–Kier alpha value is -1.38. The molecule has 0 aliphatic rings. The largest absolute Gasteiger partial charge is 0.367 e. The van der Waals surface area contributed by atoms with Crippen molar-refractivity contribution in [1.29, 1.82) is 0 Å². The van der Waals surface area contributed by atoms with E-state index in [1.807, 2.05) is 38.1 Å². The van der Waals surface area contributed by atoms with Gasteiger partial charge >= 0.3 is 0 Å². The van der Waals surface area contributed by atoms with Crippen LogP contribution in [0.4, 0.5) is 0 Å². The number of hydrogen-bond donors (Lipinski definition) is 0. The van der Waals surface area contributed by atoms with E-state index in [0.29, 0.717) is 0 Å². The highest BCUT2D eigenvalue weighted by Gasteiger charge is 1.92. The van der Waals surface area contributed by atoms with E-state index >= 15 is 0 Å². The lowest BCUT2D eigenvalue weighted by Crippen LogP contribution is -2.18. The molecule has 1 rings (SSSR count). The summed E-state index contributed by atoms with van der Waals surface area (Å²) in [6.07, 6.45) is 3.58. The summed E-state index contributed by atoms with van der Waals surface area (Å²) >= 11 is 0. The van der Waals surface area contributed by atoms with Crippen LogP contribution in [0.3, 0.4) is 0 Å². The summed E-state index contributed by atoms with van der Waals surface area (Å²) in [5, 5.41) is 0. The number of aromatic nitrogens is 1. The Balaban J connectivity index is 2.57. The molecule has 0 bridgehead atoms. The van der Waals surface area contributed by atoms with Gasteiger partial charge < -0.3 is 4.90 Å². The molecule has 13 heavy (non-hydrogen) atoms. The van der Waals surface area contributed by atoms with E-state index in [0.717, 1.165) is 12.4 Å². The number of aliphatic imine (C=N–C) groups is 1. The van der Waals surface area contributed by atoms with Crippen LogP contribution < -0.4 is 0 Å². The number of hydrogen-bond acceptors (Lipinski definition) is 2. The topological polar surface area (TPSA) is 28.5 Å². The molecular weight excluding hydrogens is 162 g/mol. The molecule has 1 aromatic heterocycles. The van der Waals surface area contributed by atoms with Crippen molar-refractivity contribution in [2.24, 2.45) is 4.99 Å². The molecule has 3 heteroatoms. The van der Waals surface area contributed by atoms with Crippen LogP contribution in [0.2, 0.25) is 0 Å². The molecular formula is C10H15N3. The molecule has 0 radical (unpaired) electrons. The maximum absolute atomic E-state index is 4.41. The van der Waals surface area contributed by atoms with Gasteiger partial charge in [-0.05, 0) is 24.6 Å². The van der Waals surface area contributed by atoms with Crippen LogP contribution >= 0.6 is 0 Å². The lowest BCUT2D eigenvalue weighted by atomic mass is 10.3. The Bertz CT molecular complexity index is 277. The normalized spacial score (nSPS) is 11.5. The lowest BCUT2D eigenvalue weighted by Gasteiger charge is -2.10. The zero-order valence-corrected chi connectivity index (χ0v) is 8.36. The summed E-state index contributed by atoms with van der Waals surface area (Å²) in [5.74, 6) is 1.04. The summed E-state index contributed by atoms with van der Waals surface area (Å²) in [6, 6.07) is 3.96. The maximum Gasteiger partial charge on any atom is 0.0956 e. The molecule has 3 nitrogen and oxygen atoms in total. The van der Waals surface area contributed by atoms with E-state index in [-0.39, 0.29) is 0 Å². The fourth-order valence-corrected chi connectivity index (χ4v) is 0.835. The van der Waals surface area contributed by atoms with Gasteiger partial charge in [-0.1, -0.05) is 0 Å². The van der Waals surface area contributed by atoms with Gasteiger partial charge in [-0.25, -0.2) is 0 Å². The standard InChI is InChI=1S/C10H15N3/c1-9(13(2)3)12-8-10-4-6-11-7-5-10/h4-7H,8H2,1-3H3. The Morgan fingerprint density at radius 3 is 2.54 bits per heavy atom. The number of rotatable bonds is 2. The second-order valence-corrected chi connectivity index (χ2v) is 3.11. The van der Waals surface area contributed by atoms with Crippen molar-refractivity contribution in [1.82, 2.24) is 9.88 Å². The van der Waals surface area contributed by atoms with E-state index in [2.05, 4.69) is 9.98 Å². The molecule has 0 N–H and O–H groups in total. The van der Waals surface area contributed by atoms with Crippen molar-refractivity contribution in [2.45, 2.75) is 13.5 Å². The minimum atomic E-state index is 0.729. The van der Waals surface area contributed by atoms with Gasteiger partial charge in [0.1, 0.15) is 0 Å². The molecule has 0 atom stereocenters. The van der Waals surface area contributed by atoms with Gasteiger partial charge in [0.2, 0.25) is 0 Å². The highest BCUT2D eigenvalue weighted by Crippen LogP contribution is 1.98. The van der Waals surface area contributed by atoms with Gasteiger partial charge in [0.05, 0.1) is 12.4 Å². The zero-order chi connectivity index (χ0) is 9.68. The lowest BCUT2D eigenvalue weighted by molar-refractivity contribution is 0.613. The Morgan fingerprint density at radius 2 is 2.00 bits per heavy atom. The third-order valence-corrected chi connectivity index (χ3v) is 1.89. The van der Waals surface area contributed by atoms with E-state index in [9.17, 15) is 0 Å². The van der Waals surface area contributed by atoms with Crippen molar-refractivity contribution in [3.8, 4) is 0 Å². The van der Waals surface area contributed by atoms with Crippen molar-refractivity contribution < 1.29 is 0 Å². The summed E-state index contributed by atoms with van der Waals surface area (Å²) in [4.78, 5) is 10.4. The Kier molecular flexibility index (Phi) is 3.43. The van der Waals surface area contributed by atoms with E-state index in [1.165, 1.54) is 5.56 Å². The van der Waals surface area contributed by atoms with Crippen LogP contribution in [-0.4, -0.2) is 29.8 Å². The first kappa shape index (κ1) is 9.71. The molecule has 70 valence electrons. The van der Waals surface area contributed by atoms with Crippen LogP contribution in [0.5, 0.6) is 0 Å². The van der Waals surface area contributed by atoms with Gasteiger partial charge in [-0.3, -0.25) is 9.98 Å². The number of nitrogens with zero attached hydrogens (tertiary/aromatic N) is 3. The molecule has 0 aromatic carbocycles. The summed E-state index contributed by atoms with van der Waals surface area (Å²) in [5.41, 5.74) is 1.19. The van der Waals surface area contributed by atoms with Gasteiger partial charge in [0.15, 0.2) is 0 Å². The molecule has 1 heterocycles. The van der Waals surface area contributed by atoms with Crippen molar-refractivity contribution in [3.05, 3.63) is 30.1 Å². The summed E-state index contributed by atoms with van der Waals surface area (Å²) in [6.45, 7) is 2.73. The number of pyridine rings is 1. The smallest absolute Gasteiger partial charge is 0.0956 e. The third-order valence-electron chi connectivity index (χ3n) is 1.89. The molecule has 0 aliphatic heterocycles. The number of amidine groups is 1. The highest BCUT2D eigenvalue weighted by molar-refractivity contribution is 5.79. The summed E-state index contributed by atoms with van der Waals surface area (Å²) in [7, 11) is 3.98. The van der Waals surface area contributed by atoms with Gasteiger partial charge in [0, 0.05) is 26.5 Å². The summed E-state index contributed by atoms with van der Waals surface area (Å²) < 4.78 is 0. The quantitative estimate of drug-likeness (QED) is 0.506. The van der Waals surface area contributed by atoms with Crippen LogP contribution in [0.1, 0.15) is 12.5 Å². The molecule has 0 amide bonds. The highest BCUT2D eigenvalue weighted by atomic mass is 15.1. The van der Waals surface area contributed by atoms with Crippen LogP contribution in [0.25, 0.3) is 0 Å². The van der Waals surface area contributed by atoms with Gasteiger partial charge in [-0.15, -0.1) is 0 Å². The SMILES string of the molecule is CC(=NCc1ccncc1)N(C)C. The van der Waals surface area contributed by atoms with Crippen LogP contribution in [0, 0.1) is 0 Å². The minimum absolute atomic E-state index is 0.729. The predicted octanol–water partition coefficient (Wildman–Crippen LogP) is 1.56. The fourth-order valence-electron chi connectivity index (χ4n) is 0.835. The average Bonchev–Trinajstić information content (AvgIpc) is 2.15. The molecule has 1 aromatic rings. The maximum atomic E-state index is 4.41. The predicted molar refractivity (Wildman–Crippen MR) is 54.7 cm³/mol. The first-order valence-corrected chi connectivity index (χ1v) is 4.27. The minimum Gasteiger partial charge on any atom is -0.367 e. The van der Waals surface area contributed by atoms with Gasteiger partial charge in [-0.2, -0.15) is 0 Å². The van der Waals surface area contributed by atoms with Crippen molar-refractivity contribution in [2.75, 3.05) is 14.1 Å². The Morgan fingerprint density at radius 1 is 1.38 bits per heavy atom. The Labute approximate surface area is 79.1 Å². The second kappa shape index (κ2) is 4.60. The monoisotopic (exact) mass is 177 g/mol. The average molecular weight is 177 g/mol. The van der Waals surface area contributed by atoms with E-state index in [1.54, 1.807) is 12.4 Å². The van der Waals surface area contributed by atoms with Crippen LogP contribution in [0.15, 0.2) is 29.5 Å². The van der Waals surface area contributed by atoms with Crippen molar-refractivity contribution in [3.63, 3.8) is 0 Å². The molecule has 0 spiro atoms. The second-order valence-electron chi connectivity index (χ2n) is 3.11. The molecule has 0 aliphatic carbocycles. The molecule has 0 saturated carbocycles. The van der Waals surface area contributed by atoms with Gasteiger partial charge in [0.25, 0.3) is 0 Å². The first-order chi connectivity index (χ1) is 6.20. The van der Waals surface area contributed by atoms with Crippen LogP contribution in [-0.2, 0) is 6.54 Å². The fraction of sp³-hybridized carbons (Fsp3) is 0.400. The van der Waals surface area contributed by atoms with E-state index < -0.39 is 0 Å². The molecule has 0 saturated heterocycles. The molecule has 0 fully saturated rings. The zero-order valence-electron chi connectivity index (χ0n) is 8.36. The van der Waals surface area contributed by atoms with Crippen molar-refractivity contribution >= 4 is 5.84 Å².